The highest BCUT2D eigenvalue weighted by atomic mass is 16.6. The Balaban J connectivity index is 2.44. The molecule has 6 nitrogen and oxygen atoms in total. The first-order valence-electron chi connectivity index (χ1n) is 4.79. The van der Waals surface area contributed by atoms with Crippen molar-refractivity contribution in [3.63, 3.8) is 0 Å². The largest absolute Gasteiger partial charge is 0.385 e. The van der Waals surface area contributed by atoms with Crippen molar-refractivity contribution in [1.29, 1.82) is 0 Å². The standard InChI is InChI=1S/C9H11N3O3/c1-6-10-9(12(14)15)8-3-2-7(5-13)4-11(6)8/h5,7H,2-4H2,1H3. The molecule has 0 saturated carbocycles. The number of nitro groups is 1. The van der Waals surface area contributed by atoms with E-state index >= 15 is 0 Å². The van der Waals surface area contributed by atoms with E-state index in [1.54, 1.807) is 11.5 Å². The lowest BCUT2D eigenvalue weighted by Gasteiger charge is -2.18. The van der Waals surface area contributed by atoms with Gasteiger partial charge in [-0.1, -0.05) is 0 Å². The molecule has 1 atom stereocenters. The predicted octanol–water partition coefficient (Wildman–Crippen LogP) is 0.861. The first-order chi connectivity index (χ1) is 7.13. The molecule has 1 aromatic rings. The molecule has 1 aliphatic heterocycles. The molecule has 0 amide bonds. The number of carbonyl (C=O) groups is 1. The summed E-state index contributed by atoms with van der Waals surface area (Å²) in [6, 6.07) is 0. The summed E-state index contributed by atoms with van der Waals surface area (Å²) in [6.45, 7) is 2.25. The maximum absolute atomic E-state index is 10.7. The monoisotopic (exact) mass is 209 g/mol. The molecule has 1 unspecified atom stereocenters. The van der Waals surface area contributed by atoms with Crippen LogP contribution in [0.15, 0.2) is 0 Å². The van der Waals surface area contributed by atoms with Crippen LogP contribution in [0.4, 0.5) is 5.82 Å². The fourth-order valence-electron chi connectivity index (χ4n) is 1.99. The molecule has 0 aromatic carbocycles. The third-order valence-electron chi connectivity index (χ3n) is 2.78. The molecule has 80 valence electrons. The average Bonchev–Trinajstić information content (AvgIpc) is 2.56. The first kappa shape index (κ1) is 9.82. The number of carbonyl (C=O) groups excluding carboxylic acids is 1. The number of aldehydes is 1. The van der Waals surface area contributed by atoms with Gasteiger partial charge in [0.25, 0.3) is 0 Å². The molecule has 2 rings (SSSR count). The Morgan fingerprint density at radius 2 is 2.40 bits per heavy atom. The highest BCUT2D eigenvalue weighted by Crippen LogP contribution is 2.27. The summed E-state index contributed by atoms with van der Waals surface area (Å²) in [4.78, 5) is 24.8. The zero-order valence-electron chi connectivity index (χ0n) is 8.34. The lowest BCUT2D eigenvalue weighted by molar-refractivity contribution is -0.390. The van der Waals surface area contributed by atoms with Gasteiger partial charge in [0.15, 0.2) is 0 Å². The lowest BCUT2D eigenvalue weighted by atomic mass is 9.99. The van der Waals surface area contributed by atoms with Crippen LogP contribution in [0.25, 0.3) is 0 Å². The second-order valence-corrected chi connectivity index (χ2v) is 3.73. The van der Waals surface area contributed by atoms with Crippen LogP contribution in [0.5, 0.6) is 0 Å². The number of rotatable bonds is 2. The number of hydrogen-bond donors (Lipinski definition) is 0. The molecule has 1 aromatic heterocycles. The Bertz CT molecular complexity index is 424. The van der Waals surface area contributed by atoms with E-state index in [0.29, 0.717) is 30.9 Å². The van der Waals surface area contributed by atoms with Gasteiger partial charge in [-0.2, -0.15) is 0 Å². The quantitative estimate of drug-likeness (QED) is 0.411. The van der Waals surface area contributed by atoms with E-state index in [2.05, 4.69) is 4.98 Å². The first-order valence-corrected chi connectivity index (χ1v) is 4.79. The van der Waals surface area contributed by atoms with Crippen molar-refractivity contribution >= 4 is 12.1 Å². The third kappa shape index (κ3) is 1.51. The highest BCUT2D eigenvalue weighted by molar-refractivity contribution is 5.54. The molecule has 6 heteroatoms. The zero-order valence-corrected chi connectivity index (χ0v) is 8.34. The average molecular weight is 209 g/mol. The summed E-state index contributed by atoms with van der Waals surface area (Å²) in [5, 5.41) is 10.7. The van der Waals surface area contributed by atoms with Gasteiger partial charge in [0, 0.05) is 19.4 Å². The van der Waals surface area contributed by atoms with E-state index in [1.165, 1.54) is 0 Å². The van der Waals surface area contributed by atoms with Crippen LogP contribution in [0.2, 0.25) is 0 Å². The van der Waals surface area contributed by atoms with E-state index in [-0.39, 0.29) is 11.7 Å². The Morgan fingerprint density at radius 3 is 3.00 bits per heavy atom. The summed E-state index contributed by atoms with van der Waals surface area (Å²) in [7, 11) is 0. The van der Waals surface area contributed by atoms with Crippen LogP contribution in [0.3, 0.4) is 0 Å². The van der Waals surface area contributed by atoms with Gasteiger partial charge in [0.1, 0.15) is 12.0 Å². The second-order valence-electron chi connectivity index (χ2n) is 3.73. The van der Waals surface area contributed by atoms with E-state index in [0.717, 1.165) is 6.29 Å². The Morgan fingerprint density at radius 1 is 1.67 bits per heavy atom. The van der Waals surface area contributed by atoms with Crippen LogP contribution >= 0.6 is 0 Å². The fourth-order valence-corrected chi connectivity index (χ4v) is 1.99. The van der Waals surface area contributed by atoms with Gasteiger partial charge >= 0.3 is 5.82 Å². The van der Waals surface area contributed by atoms with Crippen molar-refractivity contribution < 1.29 is 9.72 Å². The molecule has 0 bridgehead atoms. The van der Waals surface area contributed by atoms with Crippen LogP contribution in [0, 0.1) is 23.0 Å². The molecule has 1 aliphatic rings. The molecule has 0 N–H and O–H groups in total. The van der Waals surface area contributed by atoms with E-state index < -0.39 is 4.92 Å². The zero-order chi connectivity index (χ0) is 11.0. The summed E-state index contributed by atoms with van der Waals surface area (Å²) >= 11 is 0. The van der Waals surface area contributed by atoms with Gasteiger partial charge in [-0.05, 0) is 22.7 Å². The van der Waals surface area contributed by atoms with Crippen LogP contribution in [-0.4, -0.2) is 20.8 Å². The highest BCUT2D eigenvalue weighted by Gasteiger charge is 2.30. The van der Waals surface area contributed by atoms with Gasteiger partial charge in [0.2, 0.25) is 5.82 Å². The number of nitrogens with zero attached hydrogens (tertiary/aromatic N) is 3. The molecular formula is C9H11N3O3. The summed E-state index contributed by atoms with van der Waals surface area (Å²) in [5.41, 5.74) is 0.649. The smallest absolute Gasteiger partial charge is 0.358 e. The molecule has 2 heterocycles. The molecule has 0 radical (unpaired) electrons. The SMILES string of the molecule is Cc1nc([N+](=O)[O-])c2n1CC(C=O)CC2. The van der Waals surface area contributed by atoms with Gasteiger partial charge in [0.05, 0.1) is 0 Å². The topological polar surface area (TPSA) is 78.0 Å². The van der Waals surface area contributed by atoms with Gasteiger partial charge in [-0.3, -0.25) is 0 Å². The van der Waals surface area contributed by atoms with Crippen LogP contribution in [0.1, 0.15) is 17.9 Å². The van der Waals surface area contributed by atoms with Crippen molar-refractivity contribution in [3.8, 4) is 0 Å². The van der Waals surface area contributed by atoms with Gasteiger partial charge < -0.3 is 19.5 Å². The van der Waals surface area contributed by atoms with Crippen molar-refractivity contribution in [1.82, 2.24) is 9.55 Å². The van der Waals surface area contributed by atoms with Crippen LogP contribution in [-0.2, 0) is 17.8 Å². The minimum absolute atomic E-state index is 0.0370. The predicted molar refractivity (Wildman–Crippen MR) is 51.5 cm³/mol. The molecule has 0 saturated heterocycles. The summed E-state index contributed by atoms with van der Waals surface area (Å²) in [6.07, 6.45) is 2.14. The maximum Gasteiger partial charge on any atom is 0.385 e. The number of aryl methyl sites for hydroxylation is 1. The minimum atomic E-state index is -0.458. The third-order valence-corrected chi connectivity index (χ3v) is 2.78. The van der Waals surface area contributed by atoms with Crippen LogP contribution < -0.4 is 0 Å². The van der Waals surface area contributed by atoms with Gasteiger partial charge in [-0.15, -0.1) is 0 Å². The molecule has 15 heavy (non-hydrogen) atoms. The molecule has 0 fully saturated rings. The van der Waals surface area contributed by atoms with Crippen molar-refractivity contribution in [2.24, 2.45) is 5.92 Å². The number of aromatic nitrogens is 2. The Kier molecular flexibility index (Phi) is 2.26. The fraction of sp³-hybridized carbons (Fsp3) is 0.556. The number of fused-ring (bicyclic) bond motifs is 1. The van der Waals surface area contributed by atoms with Gasteiger partial charge in [-0.25, -0.2) is 0 Å². The summed E-state index contributed by atoms with van der Waals surface area (Å²) < 4.78 is 1.78. The Hall–Kier alpha value is -1.72. The number of hydrogen-bond acceptors (Lipinski definition) is 4. The Labute approximate surface area is 86.1 Å². The van der Waals surface area contributed by atoms with E-state index in [4.69, 9.17) is 0 Å². The van der Waals surface area contributed by atoms with E-state index in [9.17, 15) is 14.9 Å². The number of imidazole rings is 1. The van der Waals surface area contributed by atoms with Crippen molar-refractivity contribution in [3.05, 3.63) is 21.6 Å². The molecular weight excluding hydrogens is 198 g/mol. The van der Waals surface area contributed by atoms with Crippen molar-refractivity contribution in [2.75, 3.05) is 0 Å². The maximum atomic E-state index is 10.7. The molecule has 0 aliphatic carbocycles. The summed E-state index contributed by atoms with van der Waals surface area (Å²) in [5.74, 6) is 0.519. The normalized spacial score (nSPS) is 19.7. The lowest BCUT2D eigenvalue weighted by Crippen LogP contribution is -2.22. The van der Waals surface area contributed by atoms with Crippen molar-refractivity contribution in [2.45, 2.75) is 26.3 Å². The second kappa shape index (κ2) is 3.45. The molecule has 0 spiro atoms. The minimum Gasteiger partial charge on any atom is -0.358 e. The van der Waals surface area contributed by atoms with E-state index in [1.807, 2.05) is 0 Å².